The highest BCUT2D eigenvalue weighted by Gasteiger charge is 2.31. The summed E-state index contributed by atoms with van der Waals surface area (Å²) < 4.78 is 12.4. The number of rotatable bonds is 2. The lowest BCUT2D eigenvalue weighted by atomic mass is 9.85. The Morgan fingerprint density at radius 1 is 0.474 bits per heavy atom. The van der Waals surface area contributed by atoms with Crippen LogP contribution in [0.3, 0.4) is 0 Å². The van der Waals surface area contributed by atoms with Gasteiger partial charge in [0.1, 0.15) is 23.0 Å². The Labute approximate surface area is 226 Å². The molecule has 0 fully saturated rings. The maximum atomic E-state index is 13.5. The normalized spacial score (nSPS) is 19.5. The van der Waals surface area contributed by atoms with Crippen LogP contribution in [-0.4, -0.2) is 0 Å². The lowest BCUT2D eigenvalue weighted by Gasteiger charge is -2.33. The van der Waals surface area contributed by atoms with Gasteiger partial charge in [-0.2, -0.15) is 0 Å². The first-order valence-electron chi connectivity index (χ1n) is 13.4. The molecule has 206 valence electrons. The predicted octanol–water partition coefficient (Wildman–Crippen LogP) is 5.22. The molecule has 2 heterocycles. The zero-order valence-electron chi connectivity index (χ0n) is 25.2. The van der Waals surface area contributed by atoms with E-state index in [-0.39, 0.29) is 43.9 Å². The highest BCUT2D eigenvalue weighted by atomic mass is 16.5. The van der Waals surface area contributed by atoms with Crippen LogP contribution < -0.4 is 26.7 Å². The topological polar surface area (TPSA) is 69.7 Å². The molecule has 38 heavy (non-hydrogen) atoms. The van der Waals surface area contributed by atoms with Crippen molar-refractivity contribution >= 4 is 12.2 Å². The Bertz CT molecular complexity index is 1320. The van der Waals surface area contributed by atoms with E-state index in [1.54, 1.807) is 12.2 Å². The first-order chi connectivity index (χ1) is 17.1. The molecule has 0 radical (unpaired) electrons. The third-order valence-electron chi connectivity index (χ3n) is 6.67. The van der Waals surface area contributed by atoms with Gasteiger partial charge in [-0.3, -0.25) is 14.4 Å². The molecule has 0 atom stereocenters. The molecule has 0 spiro atoms. The van der Waals surface area contributed by atoms with Crippen LogP contribution >= 0.6 is 0 Å². The van der Waals surface area contributed by atoms with Gasteiger partial charge in [0.15, 0.2) is 0 Å². The third kappa shape index (κ3) is 6.36. The van der Waals surface area contributed by atoms with Gasteiger partial charge in [-0.05, 0) is 24.3 Å². The Morgan fingerprint density at radius 2 is 0.711 bits per heavy atom. The molecule has 5 nitrogen and oxygen atoms in total. The monoisotopic (exact) mass is 520 g/mol. The summed E-state index contributed by atoms with van der Waals surface area (Å²) in [6, 6.07) is 0. The second-order valence-electron chi connectivity index (χ2n) is 14.6. The van der Waals surface area contributed by atoms with E-state index < -0.39 is 16.3 Å². The van der Waals surface area contributed by atoms with Gasteiger partial charge in [0.2, 0.25) is 16.3 Å². The summed E-state index contributed by atoms with van der Waals surface area (Å²) in [7, 11) is 0. The summed E-state index contributed by atoms with van der Waals surface area (Å²) in [6.45, 7) is 24.6. The average molecular weight is 521 g/mol. The number of hydrogen-bond acceptors (Lipinski definition) is 5. The Morgan fingerprint density at radius 3 is 0.921 bits per heavy atom. The van der Waals surface area contributed by atoms with Crippen molar-refractivity contribution in [3.63, 3.8) is 0 Å². The Kier molecular flexibility index (Phi) is 7.53. The molecule has 2 aliphatic rings. The minimum atomic E-state index is -0.753. The largest absolute Gasteiger partial charge is 0.466 e. The summed E-state index contributed by atoms with van der Waals surface area (Å²) in [5.74, 6) is 2.40. The van der Waals surface area contributed by atoms with Crippen LogP contribution in [0.4, 0.5) is 0 Å². The maximum Gasteiger partial charge on any atom is 0.237 e. The smallest absolute Gasteiger partial charge is 0.237 e. The summed E-state index contributed by atoms with van der Waals surface area (Å²) in [5, 5.41) is -0.149. The molecule has 0 aromatic heterocycles. The molecule has 0 amide bonds. The summed E-state index contributed by atoms with van der Waals surface area (Å²) in [5.41, 5.74) is -3.07. The standard InChI is InChI=1S/C33H44O5/c1-30(2,3)23-15-19(16-24(37-23)31(4,5)6)13-21-27(34)22(29(36)28(21)35)14-20-17-25(32(7,8)9)38-26(18-20)33(10,11)12/h13-20H,1-12H3/b21-13-,22-14-. The SMILES string of the molecule is CC(C)(C)C1=CC(/C=c2\c(=O)c(=O)/c(=C\C3C=C(C(C)(C)C)OC(C(C)(C)C)=C3)c2=O)C=C(C(C)(C)C)O1. The van der Waals surface area contributed by atoms with E-state index in [1.807, 2.05) is 24.3 Å². The van der Waals surface area contributed by atoms with Gasteiger partial charge >= 0.3 is 0 Å². The molecule has 2 aliphatic heterocycles. The van der Waals surface area contributed by atoms with E-state index in [4.69, 9.17) is 9.47 Å². The van der Waals surface area contributed by atoms with Crippen molar-refractivity contribution in [3.8, 4) is 0 Å². The fraction of sp³-hybridized carbons (Fsp3) is 0.545. The van der Waals surface area contributed by atoms with Gasteiger partial charge in [-0.1, -0.05) is 95.2 Å². The van der Waals surface area contributed by atoms with E-state index in [2.05, 4.69) is 83.1 Å². The van der Waals surface area contributed by atoms with E-state index in [0.717, 1.165) is 23.0 Å². The molecule has 1 aromatic carbocycles. The van der Waals surface area contributed by atoms with Crippen LogP contribution in [0, 0.1) is 33.5 Å². The maximum absolute atomic E-state index is 13.5. The summed E-state index contributed by atoms with van der Waals surface area (Å²) >= 11 is 0. The van der Waals surface area contributed by atoms with Crippen molar-refractivity contribution in [3.05, 3.63) is 88.4 Å². The molecular formula is C33H44O5. The number of allylic oxidation sites excluding steroid dienone is 8. The van der Waals surface area contributed by atoms with Crippen molar-refractivity contribution in [1.29, 1.82) is 0 Å². The summed E-state index contributed by atoms with van der Waals surface area (Å²) in [6.07, 6.45) is 10.9. The second-order valence-corrected chi connectivity index (χ2v) is 14.6. The van der Waals surface area contributed by atoms with Gasteiger partial charge in [0.05, 0.1) is 10.4 Å². The van der Waals surface area contributed by atoms with E-state index >= 15 is 0 Å². The van der Waals surface area contributed by atoms with Gasteiger partial charge in [0, 0.05) is 33.5 Å². The van der Waals surface area contributed by atoms with E-state index in [1.165, 1.54) is 0 Å². The van der Waals surface area contributed by atoms with Crippen LogP contribution in [0.5, 0.6) is 0 Å². The van der Waals surface area contributed by atoms with Gasteiger partial charge in [0.25, 0.3) is 0 Å². The molecule has 0 N–H and O–H groups in total. The molecule has 0 aliphatic carbocycles. The molecule has 3 rings (SSSR count). The molecule has 0 saturated carbocycles. The van der Waals surface area contributed by atoms with Gasteiger partial charge in [-0.25, -0.2) is 0 Å². The first-order valence-corrected chi connectivity index (χ1v) is 13.4. The van der Waals surface area contributed by atoms with Gasteiger partial charge in [-0.15, -0.1) is 0 Å². The Hall–Kier alpha value is -2.95. The van der Waals surface area contributed by atoms with E-state index in [9.17, 15) is 14.4 Å². The highest BCUT2D eigenvalue weighted by Crippen LogP contribution is 2.40. The molecule has 1 aromatic rings. The molecule has 0 bridgehead atoms. The molecule has 0 unspecified atom stereocenters. The Balaban J connectivity index is 2.22. The average Bonchev–Trinajstić information content (AvgIpc) is 2.94. The van der Waals surface area contributed by atoms with Crippen LogP contribution in [0.15, 0.2) is 61.7 Å². The second kappa shape index (κ2) is 9.66. The van der Waals surface area contributed by atoms with Crippen LogP contribution in [-0.2, 0) is 9.47 Å². The highest BCUT2D eigenvalue weighted by molar-refractivity contribution is 5.44. The van der Waals surface area contributed by atoms with Crippen molar-refractivity contribution in [2.24, 2.45) is 33.5 Å². The van der Waals surface area contributed by atoms with Gasteiger partial charge < -0.3 is 9.47 Å². The molecule has 5 heteroatoms. The predicted molar refractivity (Wildman–Crippen MR) is 155 cm³/mol. The van der Waals surface area contributed by atoms with Crippen LogP contribution in [0.2, 0.25) is 0 Å². The molecule has 0 saturated heterocycles. The number of ether oxygens (including phenoxy) is 2. The molecular weight excluding hydrogens is 476 g/mol. The lowest BCUT2D eigenvalue weighted by molar-refractivity contribution is 0.155. The fourth-order valence-corrected chi connectivity index (χ4v) is 4.26. The lowest BCUT2D eigenvalue weighted by Crippen LogP contribution is -2.37. The van der Waals surface area contributed by atoms with Crippen molar-refractivity contribution in [2.75, 3.05) is 0 Å². The third-order valence-corrected chi connectivity index (χ3v) is 6.67. The minimum Gasteiger partial charge on any atom is -0.466 e. The van der Waals surface area contributed by atoms with E-state index in [0.29, 0.717) is 0 Å². The first kappa shape index (κ1) is 29.6. The van der Waals surface area contributed by atoms with Crippen molar-refractivity contribution < 1.29 is 9.47 Å². The van der Waals surface area contributed by atoms with Crippen molar-refractivity contribution in [1.82, 2.24) is 0 Å². The fourth-order valence-electron chi connectivity index (χ4n) is 4.26. The summed E-state index contributed by atoms with van der Waals surface area (Å²) in [4.78, 5) is 39.5. The van der Waals surface area contributed by atoms with Crippen molar-refractivity contribution in [2.45, 2.75) is 83.1 Å². The van der Waals surface area contributed by atoms with Crippen LogP contribution in [0.1, 0.15) is 83.1 Å². The number of hydrogen-bond donors (Lipinski definition) is 0. The zero-order valence-corrected chi connectivity index (χ0v) is 25.2. The quantitative estimate of drug-likeness (QED) is 0.501. The van der Waals surface area contributed by atoms with Crippen LogP contribution in [0.25, 0.3) is 12.2 Å². The zero-order chi connectivity index (χ0) is 29.0. The minimum absolute atomic E-state index is 0.0747.